The van der Waals surface area contributed by atoms with Crippen LogP contribution in [0.5, 0.6) is 5.75 Å². The average molecular weight is 202 g/mol. The first-order valence-corrected chi connectivity index (χ1v) is 4.97. The van der Waals surface area contributed by atoms with E-state index in [1.165, 1.54) is 5.56 Å². The summed E-state index contributed by atoms with van der Waals surface area (Å²) in [6, 6.07) is 7.98. The first-order valence-electron chi connectivity index (χ1n) is 4.97. The third-order valence-corrected chi connectivity index (χ3v) is 2.72. The average Bonchev–Trinajstić information content (AvgIpc) is 2.48. The van der Waals surface area contributed by atoms with Crippen molar-refractivity contribution in [3.63, 3.8) is 0 Å². The van der Waals surface area contributed by atoms with Gasteiger partial charge in [0.25, 0.3) is 0 Å². The first-order chi connectivity index (χ1) is 7.16. The highest BCUT2D eigenvalue weighted by atomic mass is 16.7. The molecule has 2 heteroatoms. The standard InChI is InChI=1S/C13H14O2/c1-4-9-14-12-13(2,3)10-7-5-6-8-11(10)15-12/h1,5-8,12H,9H2,2-3H3. The Morgan fingerprint density at radius 3 is 2.87 bits per heavy atom. The van der Waals surface area contributed by atoms with Gasteiger partial charge in [0.05, 0.1) is 5.41 Å². The van der Waals surface area contributed by atoms with Crippen molar-refractivity contribution in [2.45, 2.75) is 25.6 Å². The third-order valence-electron chi connectivity index (χ3n) is 2.72. The van der Waals surface area contributed by atoms with Gasteiger partial charge in [-0.15, -0.1) is 6.42 Å². The van der Waals surface area contributed by atoms with Crippen molar-refractivity contribution in [2.24, 2.45) is 0 Å². The summed E-state index contributed by atoms with van der Waals surface area (Å²) in [7, 11) is 0. The lowest BCUT2D eigenvalue weighted by Gasteiger charge is -2.24. The van der Waals surface area contributed by atoms with Crippen LogP contribution < -0.4 is 4.74 Å². The van der Waals surface area contributed by atoms with Gasteiger partial charge in [0, 0.05) is 5.56 Å². The number of hydrogen-bond acceptors (Lipinski definition) is 2. The molecular formula is C13H14O2. The number of benzene rings is 1. The molecule has 78 valence electrons. The van der Waals surface area contributed by atoms with Crippen molar-refractivity contribution in [3.05, 3.63) is 29.8 Å². The van der Waals surface area contributed by atoms with Crippen LogP contribution in [0.25, 0.3) is 0 Å². The molecule has 0 spiro atoms. The van der Waals surface area contributed by atoms with Crippen LogP contribution >= 0.6 is 0 Å². The summed E-state index contributed by atoms with van der Waals surface area (Å²) >= 11 is 0. The maximum atomic E-state index is 5.71. The van der Waals surface area contributed by atoms with Gasteiger partial charge in [0.15, 0.2) is 0 Å². The second-order valence-electron chi connectivity index (χ2n) is 4.18. The minimum atomic E-state index is -0.286. The molecule has 2 rings (SSSR count). The predicted molar refractivity (Wildman–Crippen MR) is 58.7 cm³/mol. The van der Waals surface area contributed by atoms with Gasteiger partial charge >= 0.3 is 0 Å². The van der Waals surface area contributed by atoms with Crippen molar-refractivity contribution in [1.82, 2.24) is 0 Å². The molecule has 0 N–H and O–H groups in total. The summed E-state index contributed by atoms with van der Waals surface area (Å²) in [5.41, 5.74) is 1.03. The molecule has 15 heavy (non-hydrogen) atoms. The fraction of sp³-hybridized carbons (Fsp3) is 0.385. The van der Waals surface area contributed by atoms with Crippen LogP contribution in [-0.2, 0) is 10.2 Å². The highest BCUT2D eigenvalue weighted by Gasteiger charge is 2.42. The molecule has 1 heterocycles. The van der Waals surface area contributed by atoms with E-state index in [4.69, 9.17) is 15.9 Å². The zero-order valence-corrected chi connectivity index (χ0v) is 8.99. The summed E-state index contributed by atoms with van der Waals surface area (Å²) in [6.07, 6.45) is 4.88. The molecule has 0 fully saturated rings. The Labute approximate surface area is 90.2 Å². The Balaban J connectivity index is 2.27. The number of rotatable bonds is 2. The van der Waals surface area contributed by atoms with E-state index in [1.807, 2.05) is 18.2 Å². The molecule has 1 atom stereocenters. The topological polar surface area (TPSA) is 18.5 Å². The minimum Gasteiger partial charge on any atom is -0.464 e. The predicted octanol–water partition coefficient (Wildman–Crippen LogP) is 2.33. The van der Waals surface area contributed by atoms with Crippen molar-refractivity contribution in [2.75, 3.05) is 6.61 Å². The molecule has 1 aromatic carbocycles. The number of terminal acetylenes is 1. The number of ether oxygens (including phenoxy) is 2. The van der Waals surface area contributed by atoms with Crippen molar-refractivity contribution in [3.8, 4) is 18.1 Å². The van der Waals surface area contributed by atoms with Crippen molar-refractivity contribution < 1.29 is 9.47 Å². The Morgan fingerprint density at radius 1 is 1.47 bits per heavy atom. The molecule has 0 aromatic heterocycles. The lowest BCUT2D eigenvalue weighted by Crippen LogP contribution is -2.34. The van der Waals surface area contributed by atoms with E-state index in [9.17, 15) is 0 Å². The molecule has 0 saturated heterocycles. The first kappa shape index (κ1) is 10.1. The lowest BCUT2D eigenvalue weighted by molar-refractivity contribution is -0.0907. The Hall–Kier alpha value is -1.46. The van der Waals surface area contributed by atoms with Gasteiger partial charge in [0.1, 0.15) is 12.4 Å². The summed E-state index contributed by atoms with van der Waals surface area (Å²) in [5.74, 6) is 3.35. The lowest BCUT2D eigenvalue weighted by atomic mass is 9.85. The Morgan fingerprint density at radius 2 is 2.20 bits per heavy atom. The van der Waals surface area contributed by atoms with Gasteiger partial charge in [-0.05, 0) is 19.9 Å². The van der Waals surface area contributed by atoms with E-state index in [0.29, 0.717) is 0 Å². The number of para-hydroxylation sites is 1. The minimum absolute atomic E-state index is 0.145. The highest BCUT2D eigenvalue weighted by molar-refractivity contribution is 5.43. The van der Waals surface area contributed by atoms with E-state index in [2.05, 4.69) is 25.8 Å². The van der Waals surface area contributed by atoms with Crippen molar-refractivity contribution in [1.29, 1.82) is 0 Å². The zero-order chi connectivity index (χ0) is 10.9. The summed E-state index contributed by atoms with van der Waals surface area (Å²) in [5, 5.41) is 0. The van der Waals surface area contributed by atoms with Gasteiger partial charge in [-0.3, -0.25) is 0 Å². The second kappa shape index (κ2) is 3.60. The van der Waals surface area contributed by atoms with Crippen LogP contribution in [0.1, 0.15) is 19.4 Å². The van der Waals surface area contributed by atoms with Crippen molar-refractivity contribution >= 4 is 0 Å². The van der Waals surface area contributed by atoms with Crippen LogP contribution in [-0.4, -0.2) is 12.9 Å². The molecule has 1 aliphatic heterocycles. The molecule has 0 amide bonds. The van der Waals surface area contributed by atoms with Crippen LogP contribution in [0.15, 0.2) is 24.3 Å². The molecule has 0 bridgehead atoms. The fourth-order valence-electron chi connectivity index (χ4n) is 1.86. The number of hydrogen-bond donors (Lipinski definition) is 0. The van der Waals surface area contributed by atoms with Crippen LogP contribution in [0.2, 0.25) is 0 Å². The molecule has 0 radical (unpaired) electrons. The molecule has 1 unspecified atom stereocenters. The van der Waals surface area contributed by atoms with E-state index in [0.717, 1.165) is 5.75 Å². The molecule has 1 aromatic rings. The summed E-state index contributed by atoms with van der Waals surface area (Å²) in [4.78, 5) is 0. The fourth-order valence-corrected chi connectivity index (χ4v) is 1.86. The maximum absolute atomic E-state index is 5.71. The van der Waals surface area contributed by atoms with Gasteiger partial charge in [-0.1, -0.05) is 24.1 Å². The molecular weight excluding hydrogens is 188 g/mol. The van der Waals surface area contributed by atoms with E-state index in [1.54, 1.807) is 0 Å². The quantitative estimate of drug-likeness (QED) is 0.685. The second-order valence-corrected chi connectivity index (χ2v) is 4.18. The summed E-state index contributed by atoms with van der Waals surface area (Å²) < 4.78 is 11.2. The Bertz CT molecular complexity index is 401. The molecule has 2 nitrogen and oxygen atoms in total. The molecule has 0 saturated carbocycles. The van der Waals surface area contributed by atoms with Gasteiger partial charge in [-0.2, -0.15) is 0 Å². The largest absolute Gasteiger partial charge is 0.464 e. The molecule has 0 aliphatic carbocycles. The smallest absolute Gasteiger partial charge is 0.210 e. The highest BCUT2D eigenvalue weighted by Crippen LogP contribution is 2.42. The van der Waals surface area contributed by atoms with E-state index >= 15 is 0 Å². The SMILES string of the molecule is C#CCOC1Oc2ccccc2C1(C)C. The van der Waals surface area contributed by atoms with Crippen LogP contribution in [0.4, 0.5) is 0 Å². The van der Waals surface area contributed by atoms with Gasteiger partial charge in [-0.25, -0.2) is 0 Å². The normalized spacial score (nSPS) is 21.5. The van der Waals surface area contributed by atoms with E-state index in [-0.39, 0.29) is 18.3 Å². The number of fused-ring (bicyclic) bond motifs is 1. The van der Waals surface area contributed by atoms with E-state index < -0.39 is 0 Å². The van der Waals surface area contributed by atoms with Gasteiger partial charge in [0.2, 0.25) is 6.29 Å². The molecule has 1 aliphatic rings. The third kappa shape index (κ3) is 1.60. The zero-order valence-electron chi connectivity index (χ0n) is 8.99. The van der Waals surface area contributed by atoms with Crippen LogP contribution in [0, 0.1) is 12.3 Å². The van der Waals surface area contributed by atoms with Crippen LogP contribution in [0.3, 0.4) is 0 Å². The van der Waals surface area contributed by atoms with Gasteiger partial charge < -0.3 is 9.47 Å². The Kier molecular flexibility index (Phi) is 2.42. The maximum Gasteiger partial charge on any atom is 0.210 e. The monoisotopic (exact) mass is 202 g/mol. The summed E-state index contributed by atoms with van der Waals surface area (Å²) in [6.45, 7) is 4.47.